The van der Waals surface area contributed by atoms with E-state index in [1.165, 1.54) is 28.1 Å². The fourth-order valence-electron chi connectivity index (χ4n) is 7.59. The van der Waals surface area contributed by atoms with Crippen LogP contribution in [0.4, 0.5) is 11.4 Å². The van der Waals surface area contributed by atoms with Gasteiger partial charge in [0, 0.05) is 42.9 Å². The third-order valence-corrected chi connectivity index (χ3v) is 9.14. The van der Waals surface area contributed by atoms with Gasteiger partial charge in [-0.05, 0) is 28.3 Å². The van der Waals surface area contributed by atoms with Crippen molar-refractivity contribution in [1.82, 2.24) is 19.2 Å². The van der Waals surface area contributed by atoms with Crippen molar-refractivity contribution in [1.29, 1.82) is 0 Å². The molecule has 4 aliphatic rings. The van der Waals surface area contributed by atoms with Gasteiger partial charge in [-0.25, -0.2) is 9.67 Å². The third kappa shape index (κ3) is 2.33. The van der Waals surface area contributed by atoms with E-state index in [4.69, 9.17) is 0 Å². The predicted molar refractivity (Wildman–Crippen MR) is 135 cm³/mol. The van der Waals surface area contributed by atoms with E-state index >= 15 is 0 Å². The van der Waals surface area contributed by atoms with Gasteiger partial charge in [-0.2, -0.15) is 5.10 Å². The Labute approximate surface area is 199 Å². The molecule has 0 spiro atoms. The molecule has 3 aromatic carbocycles. The summed E-state index contributed by atoms with van der Waals surface area (Å²) in [5.41, 5.74) is 10.3. The summed E-state index contributed by atoms with van der Waals surface area (Å²) in [6.45, 7) is 3.04. The van der Waals surface area contributed by atoms with Gasteiger partial charge in [0.25, 0.3) is 0 Å². The van der Waals surface area contributed by atoms with Crippen molar-refractivity contribution in [2.24, 2.45) is 0 Å². The van der Waals surface area contributed by atoms with Gasteiger partial charge in [0.1, 0.15) is 12.0 Å². The van der Waals surface area contributed by atoms with Crippen molar-refractivity contribution in [2.75, 3.05) is 18.5 Å². The van der Waals surface area contributed by atoms with Crippen molar-refractivity contribution in [2.45, 2.75) is 43.9 Å². The Balaban J connectivity index is 1.36. The molecule has 0 radical (unpaired) electrons. The molecule has 4 atom stereocenters. The Morgan fingerprint density at radius 2 is 1.76 bits per heavy atom. The van der Waals surface area contributed by atoms with Gasteiger partial charge in [0.05, 0.1) is 20.1 Å². The van der Waals surface area contributed by atoms with E-state index in [-0.39, 0.29) is 0 Å². The van der Waals surface area contributed by atoms with Crippen molar-refractivity contribution < 1.29 is 0 Å². The van der Waals surface area contributed by atoms with Crippen LogP contribution < -0.4 is 9.38 Å². The molecule has 1 aromatic heterocycles. The minimum atomic E-state index is 0.389. The number of benzene rings is 3. The van der Waals surface area contributed by atoms with Crippen LogP contribution in [-0.2, 0) is 19.5 Å². The van der Waals surface area contributed by atoms with Gasteiger partial charge >= 0.3 is 0 Å². The normalized spacial score (nSPS) is 27.9. The number of rotatable bonds is 1. The maximum absolute atomic E-state index is 4.64. The molecule has 0 saturated carbocycles. The van der Waals surface area contributed by atoms with Gasteiger partial charge in [0.15, 0.2) is 17.7 Å². The van der Waals surface area contributed by atoms with E-state index in [1.807, 2.05) is 0 Å². The smallest absolute Gasteiger partial charge is 0.170 e. The van der Waals surface area contributed by atoms with Crippen LogP contribution in [0.25, 0.3) is 11.4 Å². The third-order valence-electron chi connectivity index (χ3n) is 9.14. The first kappa shape index (κ1) is 18.9. The number of para-hydroxylation sites is 2. The van der Waals surface area contributed by atoms with Crippen LogP contribution in [0.5, 0.6) is 0 Å². The van der Waals surface area contributed by atoms with Gasteiger partial charge in [-0.3, -0.25) is 4.48 Å². The average Bonchev–Trinajstić information content (AvgIpc) is 3.37. The summed E-state index contributed by atoms with van der Waals surface area (Å²) < 4.78 is 3.15. The fraction of sp³-hybridized carbons (Fsp3) is 0.310. The number of quaternary nitrogens is 1. The molecule has 4 unspecified atom stereocenters. The molecule has 2 bridgehead atoms. The highest BCUT2D eigenvalue weighted by Crippen LogP contribution is 2.55. The van der Waals surface area contributed by atoms with Crippen LogP contribution in [0, 0.1) is 0 Å². The molecule has 0 N–H and O–H groups in total. The lowest BCUT2D eigenvalue weighted by Gasteiger charge is -2.42. The highest BCUT2D eigenvalue weighted by atomic mass is 15.5. The number of anilines is 1. The largest absolute Gasteiger partial charge is 0.313 e. The standard InChI is InChI=1S/C29H28N5/c1-34-14-13-19-7-6-8-20-16-32(25-11-4-5-12-26(25)34)27(34)15-23(28(19)20)24-17-33-29(30-18-31-33)22-10-3-2-9-21(22)24/h2-12,18,23-24,27H,13-17H2,1H3/q+1. The van der Waals surface area contributed by atoms with Crippen molar-refractivity contribution >= 4 is 11.4 Å². The van der Waals surface area contributed by atoms with Crippen LogP contribution >= 0.6 is 0 Å². The molecule has 5 heterocycles. The SMILES string of the molecule is C[N+]12CCc3cccc4c3C(C3Cn5ncnc5-c5ccccc53)CC1N(C4)c1ccccc12. The lowest BCUT2D eigenvalue weighted by Crippen LogP contribution is -2.58. The predicted octanol–water partition coefficient (Wildman–Crippen LogP) is 5.07. The Morgan fingerprint density at radius 1 is 0.912 bits per heavy atom. The van der Waals surface area contributed by atoms with Gasteiger partial charge in [-0.15, -0.1) is 0 Å². The number of likely N-dealkylation sites (N-methyl/N-ethyl adjacent to an activating group) is 1. The minimum Gasteiger partial charge on any atom is -0.313 e. The quantitative estimate of drug-likeness (QED) is 0.383. The topological polar surface area (TPSA) is 34.0 Å². The molecule has 5 nitrogen and oxygen atoms in total. The summed E-state index contributed by atoms with van der Waals surface area (Å²) >= 11 is 0. The molecule has 34 heavy (non-hydrogen) atoms. The summed E-state index contributed by atoms with van der Waals surface area (Å²) in [5.74, 6) is 1.85. The maximum Gasteiger partial charge on any atom is 0.170 e. The second kappa shape index (κ2) is 6.57. The van der Waals surface area contributed by atoms with Gasteiger partial charge < -0.3 is 4.90 Å². The summed E-state index contributed by atoms with van der Waals surface area (Å²) in [6.07, 6.45) is 4.44. The van der Waals surface area contributed by atoms with E-state index in [1.54, 1.807) is 17.5 Å². The fourth-order valence-corrected chi connectivity index (χ4v) is 7.59. The monoisotopic (exact) mass is 446 g/mol. The summed E-state index contributed by atoms with van der Waals surface area (Å²) in [4.78, 5) is 7.33. The first-order valence-electron chi connectivity index (χ1n) is 12.5. The lowest BCUT2D eigenvalue weighted by atomic mass is 9.73. The van der Waals surface area contributed by atoms with Gasteiger partial charge in [0.2, 0.25) is 0 Å². The second-order valence-corrected chi connectivity index (χ2v) is 10.6. The average molecular weight is 447 g/mol. The number of aromatic nitrogens is 3. The molecule has 0 fully saturated rings. The minimum absolute atomic E-state index is 0.389. The molecule has 8 rings (SSSR count). The van der Waals surface area contributed by atoms with Crippen LogP contribution in [0.15, 0.2) is 73.1 Å². The highest BCUT2D eigenvalue weighted by molar-refractivity contribution is 5.76. The Morgan fingerprint density at radius 3 is 2.74 bits per heavy atom. The van der Waals surface area contributed by atoms with Crippen molar-refractivity contribution in [3.63, 3.8) is 0 Å². The molecule has 5 heteroatoms. The highest BCUT2D eigenvalue weighted by Gasteiger charge is 2.53. The molecule has 4 aromatic rings. The van der Waals surface area contributed by atoms with E-state index in [9.17, 15) is 0 Å². The lowest BCUT2D eigenvalue weighted by molar-refractivity contribution is 0.222. The van der Waals surface area contributed by atoms with Gasteiger partial charge in [-0.1, -0.05) is 54.6 Å². The summed E-state index contributed by atoms with van der Waals surface area (Å²) in [5, 5.41) is 4.64. The molecule has 0 saturated heterocycles. The van der Waals surface area contributed by atoms with E-state index in [0.29, 0.717) is 18.0 Å². The zero-order valence-electron chi connectivity index (χ0n) is 19.4. The van der Waals surface area contributed by atoms with Crippen LogP contribution in [0.1, 0.15) is 40.5 Å². The molecule has 4 aliphatic heterocycles. The molecule has 0 aliphatic carbocycles. The van der Waals surface area contributed by atoms with Crippen LogP contribution in [0.3, 0.4) is 0 Å². The zero-order chi connectivity index (χ0) is 22.4. The number of nitrogens with zero attached hydrogens (tertiary/aromatic N) is 5. The van der Waals surface area contributed by atoms with E-state index in [2.05, 4.69) is 93.4 Å². The van der Waals surface area contributed by atoms with Crippen LogP contribution in [0.2, 0.25) is 0 Å². The zero-order valence-corrected chi connectivity index (χ0v) is 19.4. The molecular formula is C29H28N5+. The number of hydrogen-bond acceptors (Lipinski definition) is 3. The number of fused-ring (bicyclic) bond motifs is 7. The maximum atomic E-state index is 4.64. The molecule has 0 amide bonds. The summed E-state index contributed by atoms with van der Waals surface area (Å²) in [6, 6.07) is 25.1. The Hall–Kier alpha value is -3.44. The molecular weight excluding hydrogens is 418 g/mol. The summed E-state index contributed by atoms with van der Waals surface area (Å²) in [7, 11) is 2.48. The van der Waals surface area contributed by atoms with Crippen molar-refractivity contribution in [3.05, 3.63) is 95.3 Å². The van der Waals surface area contributed by atoms with Crippen LogP contribution in [-0.4, -0.2) is 34.5 Å². The first-order valence-corrected chi connectivity index (χ1v) is 12.5. The van der Waals surface area contributed by atoms with E-state index < -0.39 is 0 Å². The Kier molecular flexibility index (Phi) is 3.66. The van der Waals surface area contributed by atoms with Crippen molar-refractivity contribution in [3.8, 4) is 11.4 Å². The number of hydrogen-bond donors (Lipinski definition) is 0. The first-order chi connectivity index (χ1) is 16.7. The van der Waals surface area contributed by atoms with E-state index in [0.717, 1.165) is 42.8 Å². The second-order valence-electron chi connectivity index (χ2n) is 10.6. The molecule has 168 valence electrons. The Bertz CT molecular complexity index is 1450.